The van der Waals surface area contributed by atoms with Crippen LogP contribution in [0.3, 0.4) is 0 Å². The molecule has 0 saturated carbocycles. The van der Waals surface area contributed by atoms with Gasteiger partial charge in [-0.3, -0.25) is 4.79 Å². The fourth-order valence-electron chi connectivity index (χ4n) is 3.74. The molecule has 0 radical (unpaired) electrons. The number of rotatable bonds is 3. The zero-order valence-corrected chi connectivity index (χ0v) is 16.9. The van der Waals surface area contributed by atoms with Crippen molar-refractivity contribution in [3.8, 4) is 11.4 Å². The Balaban J connectivity index is 0.00000256. The number of pyridine rings is 1. The summed E-state index contributed by atoms with van der Waals surface area (Å²) in [6.45, 7) is 3.07. The number of carbonyl (C=O) groups is 1. The van der Waals surface area contributed by atoms with Crippen LogP contribution in [0.25, 0.3) is 16.6 Å². The second-order valence-electron chi connectivity index (χ2n) is 7.43. The van der Waals surface area contributed by atoms with Crippen LogP contribution in [0.5, 0.6) is 5.75 Å². The predicted octanol–water partition coefficient (Wildman–Crippen LogP) is 2.74. The molecule has 1 aromatic heterocycles. The molecule has 30 heavy (non-hydrogen) atoms. The third-order valence-corrected chi connectivity index (χ3v) is 5.44. The molecule has 1 aliphatic heterocycles. The molecule has 0 aliphatic carbocycles. The third kappa shape index (κ3) is 3.59. The number of nitrogens with zero attached hydrogens (tertiary/aromatic N) is 2. The first-order valence-corrected chi connectivity index (χ1v) is 9.18. The lowest BCUT2D eigenvalue weighted by Gasteiger charge is -2.21. The van der Waals surface area contributed by atoms with Crippen molar-refractivity contribution < 1.29 is 19.4 Å². The molecule has 158 valence electrons. The van der Waals surface area contributed by atoms with E-state index in [9.17, 15) is 24.2 Å². The van der Waals surface area contributed by atoms with Crippen LogP contribution in [0.15, 0.2) is 47.4 Å². The molecule has 4 N–H and O–H groups in total. The molecule has 2 atom stereocenters. The van der Waals surface area contributed by atoms with Crippen LogP contribution in [0.1, 0.15) is 17.3 Å². The Labute approximate surface area is 177 Å². The standard InChI is InChI=1S/C21H20FN3O4.ClH/c1-11-8-24(10-17(11)23)19-7-18-14(6-16(19)22)20(27)15(21(28)29)9-25(18)12-2-4-13(26)5-3-12;/h2-7,9,11,17,26H,8,10,23H2,1H3,(H,28,29);1H/t11-,17-;/m1./s1. The fraction of sp³-hybridized carbons (Fsp3) is 0.238. The van der Waals surface area contributed by atoms with Gasteiger partial charge in [0.15, 0.2) is 0 Å². The molecule has 1 saturated heterocycles. The van der Waals surface area contributed by atoms with Crippen molar-refractivity contribution >= 4 is 35.0 Å². The molecular formula is C21H21ClFN3O4. The highest BCUT2D eigenvalue weighted by molar-refractivity contribution is 5.94. The van der Waals surface area contributed by atoms with E-state index in [1.54, 1.807) is 18.2 Å². The Hall–Kier alpha value is -3.10. The minimum absolute atomic E-state index is 0. The number of phenols is 1. The molecule has 2 aromatic carbocycles. The summed E-state index contributed by atoms with van der Waals surface area (Å²) in [5, 5.41) is 19.0. The van der Waals surface area contributed by atoms with Gasteiger partial charge in [0.25, 0.3) is 0 Å². The normalized spacial score (nSPS) is 18.4. The van der Waals surface area contributed by atoms with E-state index in [2.05, 4.69) is 0 Å². The van der Waals surface area contributed by atoms with Gasteiger partial charge in [0.2, 0.25) is 5.43 Å². The van der Waals surface area contributed by atoms with Gasteiger partial charge >= 0.3 is 5.97 Å². The summed E-state index contributed by atoms with van der Waals surface area (Å²) in [4.78, 5) is 26.1. The summed E-state index contributed by atoms with van der Waals surface area (Å²) < 4.78 is 16.4. The van der Waals surface area contributed by atoms with Crippen molar-refractivity contribution in [3.63, 3.8) is 0 Å². The topological polar surface area (TPSA) is 109 Å². The summed E-state index contributed by atoms with van der Waals surface area (Å²) in [5.41, 5.74) is 6.07. The number of aromatic nitrogens is 1. The first kappa shape index (κ1) is 21.6. The molecule has 9 heteroatoms. The zero-order valence-electron chi connectivity index (χ0n) is 16.1. The number of phenolic OH excluding ortho intramolecular Hbond substituents is 1. The SMILES string of the molecule is C[C@@H]1CN(c2cc3c(cc2F)c(=O)c(C(=O)O)cn3-c2ccc(O)cc2)C[C@H]1N.Cl. The second kappa shape index (κ2) is 7.97. The summed E-state index contributed by atoms with van der Waals surface area (Å²) in [6.07, 6.45) is 1.22. The molecule has 1 fully saturated rings. The Kier molecular flexibility index (Phi) is 5.74. The van der Waals surface area contributed by atoms with Crippen LogP contribution in [0, 0.1) is 11.7 Å². The number of nitrogens with two attached hydrogens (primary N) is 1. The van der Waals surface area contributed by atoms with Crippen LogP contribution in [-0.2, 0) is 0 Å². The maximum absolute atomic E-state index is 14.9. The number of aromatic carboxylic acids is 1. The number of hydrogen-bond donors (Lipinski definition) is 3. The Morgan fingerprint density at radius 1 is 1.20 bits per heavy atom. The van der Waals surface area contributed by atoms with Crippen molar-refractivity contribution in [3.05, 3.63) is 64.2 Å². The lowest BCUT2D eigenvalue weighted by molar-refractivity contribution is 0.0695. The Bertz CT molecular complexity index is 1170. The summed E-state index contributed by atoms with van der Waals surface area (Å²) in [7, 11) is 0. The van der Waals surface area contributed by atoms with Crippen molar-refractivity contribution in [2.75, 3.05) is 18.0 Å². The largest absolute Gasteiger partial charge is 0.508 e. The molecule has 2 heterocycles. The maximum atomic E-state index is 14.9. The van der Waals surface area contributed by atoms with Gasteiger partial charge in [-0.15, -0.1) is 12.4 Å². The Morgan fingerprint density at radius 2 is 1.87 bits per heavy atom. The van der Waals surface area contributed by atoms with Crippen molar-refractivity contribution in [2.24, 2.45) is 11.7 Å². The molecule has 0 amide bonds. The predicted molar refractivity (Wildman–Crippen MR) is 115 cm³/mol. The third-order valence-electron chi connectivity index (χ3n) is 5.44. The van der Waals surface area contributed by atoms with E-state index >= 15 is 0 Å². The van der Waals surface area contributed by atoms with Crippen molar-refractivity contribution in [2.45, 2.75) is 13.0 Å². The monoisotopic (exact) mass is 433 g/mol. The number of benzene rings is 2. The number of carboxylic acids is 1. The van der Waals surface area contributed by atoms with Gasteiger partial charge in [0.1, 0.15) is 17.1 Å². The van der Waals surface area contributed by atoms with Crippen LogP contribution in [0.4, 0.5) is 10.1 Å². The minimum Gasteiger partial charge on any atom is -0.508 e. The number of halogens is 2. The molecular weight excluding hydrogens is 413 g/mol. The smallest absolute Gasteiger partial charge is 0.341 e. The zero-order chi connectivity index (χ0) is 20.9. The minimum atomic E-state index is -1.40. The lowest BCUT2D eigenvalue weighted by atomic mass is 10.1. The van der Waals surface area contributed by atoms with Crippen LogP contribution >= 0.6 is 12.4 Å². The van der Waals surface area contributed by atoms with Gasteiger partial charge in [0, 0.05) is 36.4 Å². The first-order chi connectivity index (χ1) is 13.8. The number of anilines is 1. The number of carboxylic acid groups (broad SMARTS) is 1. The highest BCUT2D eigenvalue weighted by Crippen LogP contribution is 2.30. The summed E-state index contributed by atoms with van der Waals surface area (Å²) in [6, 6.07) is 8.62. The van der Waals surface area contributed by atoms with Gasteiger partial charge in [-0.2, -0.15) is 0 Å². The summed E-state index contributed by atoms with van der Waals surface area (Å²) >= 11 is 0. The molecule has 7 nitrogen and oxygen atoms in total. The highest BCUT2D eigenvalue weighted by Gasteiger charge is 2.29. The van der Waals surface area contributed by atoms with E-state index in [1.165, 1.54) is 22.9 Å². The van der Waals surface area contributed by atoms with E-state index in [1.807, 2.05) is 11.8 Å². The van der Waals surface area contributed by atoms with E-state index in [-0.39, 0.29) is 35.5 Å². The second-order valence-corrected chi connectivity index (χ2v) is 7.43. The van der Waals surface area contributed by atoms with E-state index in [0.29, 0.717) is 30.0 Å². The van der Waals surface area contributed by atoms with Gasteiger partial charge in [-0.1, -0.05) is 6.92 Å². The summed E-state index contributed by atoms with van der Waals surface area (Å²) in [5.74, 6) is -1.76. The lowest BCUT2D eigenvalue weighted by Crippen LogP contribution is -2.28. The van der Waals surface area contributed by atoms with Gasteiger partial charge in [-0.25, -0.2) is 9.18 Å². The van der Waals surface area contributed by atoms with Gasteiger partial charge in [0.05, 0.1) is 11.2 Å². The van der Waals surface area contributed by atoms with E-state index < -0.39 is 22.8 Å². The number of aromatic hydroxyl groups is 1. The molecule has 4 rings (SSSR count). The molecule has 0 bridgehead atoms. The number of fused-ring (bicyclic) bond motifs is 1. The van der Waals surface area contributed by atoms with Crippen LogP contribution < -0.4 is 16.1 Å². The quantitative estimate of drug-likeness (QED) is 0.586. The molecule has 0 spiro atoms. The molecule has 3 aromatic rings. The van der Waals surface area contributed by atoms with E-state index in [0.717, 1.165) is 6.07 Å². The van der Waals surface area contributed by atoms with Crippen molar-refractivity contribution in [1.29, 1.82) is 0 Å². The van der Waals surface area contributed by atoms with E-state index in [4.69, 9.17) is 5.73 Å². The average Bonchev–Trinajstić information content (AvgIpc) is 3.01. The van der Waals surface area contributed by atoms with Crippen molar-refractivity contribution in [1.82, 2.24) is 4.57 Å². The molecule has 1 aliphatic rings. The fourth-order valence-corrected chi connectivity index (χ4v) is 3.74. The van der Waals surface area contributed by atoms with Crippen LogP contribution in [0.2, 0.25) is 0 Å². The molecule has 0 unspecified atom stereocenters. The Morgan fingerprint density at radius 3 is 2.43 bits per heavy atom. The first-order valence-electron chi connectivity index (χ1n) is 9.18. The van der Waals surface area contributed by atoms with Gasteiger partial charge in [-0.05, 0) is 42.3 Å². The number of hydrogen-bond acceptors (Lipinski definition) is 5. The van der Waals surface area contributed by atoms with Gasteiger partial charge < -0.3 is 25.4 Å². The van der Waals surface area contributed by atoms with Crippen LogP contribution in [-0.4, -0.2) is 39.9 Å². The highest BCUT2D eigenvalue weighted by atomic mass is 35.5. The maximum Gasteiger partial charge on any atom is 0.341 e. The average molecular weight is 434 g/mol.